The molecule has 0 amide bonds. The molecule has 4 heteroatoms. The summed E-state index contributed by atoms with van der Waals surface area (Å²) in [6.07, 6.45) is 1.76. The Kier molecular flexibility index (Phi) is 2.17. The van der Waals surface area contributed by atoms with E-state index < -0.39 is 0 Å². The van der Waals surface area contributed by atoms with Gasteiger partial charge in [-0.15, -0.1) is 0 Å². The van der Waals surface area contributed by atoms with Crippen LogP contribution >= 0.6 is 11.6 Å². The molecule has 0 fully saturated rings. The van der Waals surface area contributed by atoms with E-state index in [1.165, 1.54) is 0 Å². The highest BCUT2D eigenvalue weighted by Gasteiger charge is 2.20. The van der Waals surface area contributed by atoms with Crippen LogP contribution in [0.15, 0.2) is 42.6 Å². The third-order valence-electron chi connectivity index (χ3n) is 3.53. The summed E-state index contributed by atoms with van der Waals surface area (Å²) in [7, 11) is 1.61. The Labute approximate surface area is 122 Å². The van der Waals surface area contributed by atoms with Crippen LogP contribution in [0.3, 0.4) is 0 Å². The second-order valence-electron chi connectivity index (χ2n) is 4.63. The fourth-order valence-electron chi connectivity index (χ4n) is 2.64. The first-order valence-electron chi connectivity index (χ1n) is 6.72. The molecule has 4 rings (SSSR count). The van der Waals surface area contributed by atoms with Gasteiger partial charge in [-0.3, -0.25) is 4.98 Å². The molecule has 1 aliphatic heterocycles. The van der Waals surface area contributed by atoms with Gasteiger partial charge in [-0.05, 0) is 36.4 Å². The molecule has 1 N–H and O–H groups in total. The molecule has 0 unspecified atom stereocenters. The van der Waals surface area contributed by atoms with Gasteiger partial charge in [-0.25, -0.2) is 0 Å². The predicted octanol–water partition coefficient (Wildman–Crippen LogP) is 4.62. The maximum absolute atomic E-state index is 8.22. The summed E-state index contributed by atoms with van der Waals surface area (Å²) in [6, 6.07) is 9.63. The highest BCUT2D eigenvalue weighted by atomic mass is 35.5. The topological polar surface area (TPSA) is 34.1 Å². The number of pyridine rings is 1. The summed E-state index contributed by atoms with van der Waals surface area (Å²) in [5.41, 5.74) is 3.43. The van der Waals surface area contributed by atoms with E-state index in [9.17, 15) is 0 Å². The average Bonchev–Trinajstić information content (AvgIpc) is 2.50. The normalized spacial score (nSPS) is 12.6. The van der Waals surface area contributed by atoms with E-state index >= 15 is 0 Å². The van der Waals surface area contributed by atoms with Crippen molar-refractivity contribution >= 4 is 33.7 Å². The predicted molar refractivity (Wildman–Crippen MR) is 82.0 cm³/mol. The molecular weight excluding hydrogens is 272 g/mol. The minimum Gasteiger partial charge on any atom is -0.496 e. The van der Waals surface area contributed by atoms with E-state index in [4.69, 9.17) is 17.7 Å². The van der Waals surface area contributed by atoms with Crippen LogP contribution in [0.1, 0.15) is 1.37 Å². The van der Waals surface area contributed by atoms with Gasteiger partial charge in [-0.1, -0.05) is 11.6 Å². The molecule has 1 aromatic heterocycles. The fraction of sp³-hybridized carbons (Fsp3) is 0.0625. The summed E-state index contributed by atoms with van der Waals surface area (Å²) in [4.78, 5) is 4.50. The Morgan fingerprint density at radius 3 is 3.00 bits per heavy atom. The van der Waals surface area contributed by atoms with Crippen LogP contribution in [0.2, 0.25) is 5.02 Å². The lowest BCUT2D eigenvalue weighted by Crippen LogP contribution is -2.03. The van der Waals surface area contributed by atoms with Crippen LogP contribution in [-0.4, -0.2) is 12.1 Å². The summed E-state index contributed by atoms with van der Waals surface area (Å²) in [5.74, 6) is 0.682. The van der Waals surface area contributed by atoms with Crippen LogP contribution in [0.25, 0.3) is 22.0 Å². The van der Waals surface area contributed by atoms with Gasteiger partial charge >= 0.3 is 0 Å². The van der Waals surface area contributed by atoms with E-state index in [0.717, 1.165) is 33.4 Å². The summed E-state index contributed by atoms with van der Waals surface area (Å²) < 4.78 is 13.6. The molecule has 0 saturated heterocycles. The number of nitrogens with one attached hydrogen (secondary N) is 1. The highest BCUT2D eigenvalue weighted by Crippen LogP contribution is 2.45. The number of aromatic nitrogens is 1. The summed E-state index contributed by atoms with van der Waals surface area (Å²) in [6.45, 7) is 0. The van der Waals surface area contributed by atoms with Crippen molar-refractivity contribution in [3.8, 4) is 17.0 Å². The highest BCUT2D eigenvalue weighted by molar-refractivity contribution is 6.31. The molecule has 0 bridgehead atoms. The van der Waals surface area contributed by atoms with Gasteiger partial charge in [-0.2, -0.15) is 0 Å². The molecule has 2 aromatic carbocycles. The molecule has 3 nitrogen and oxygen atoms in total. The number of fused-ring (bicyclic) bond motifs is 2. The Morgan fingerprint density at radius 2 is 2.15 bits per heavy atom. The number of halogens is 1. The van der Waals surface area contributed by atoms with Crippen molar-refractivity contribution in [3.63, 3.8) is 0 Å². The molecule has 0 saturated carbocycles. The van der Waals surface area contributed by atoms with E-state index in [-0.39, 0.29) is 0 Å². The minimum absolute atomic E-state index is 0.374. The number of rotatable bonds is 1. The molecule has 0 spiro atoms. The first kappa shape index (κ1) is 10.5. The molecule has 0 aliphatic carbocycles. The van der Waals surface area contributed by atoms with Gasteiger partial charge in [0.2, 0.25) is 0 Å². The fourth-order valence-corrected chi connectivity index (χ4v) is 2.81. The Balaban J connectivity index is 2.17. The van der Waals surface area contributed by atoms with Crippen molar-refractivity contribution in [3.05, 3.63) is 47.6 Å². The van der Waals surface area contributed by atoms with Crippen molar-refractivity contribution in [2.45, 2.75) is 0 Å². The van der Waals surface area contributed by atoms with Crippen LogP contribution in [0.4, 0.5) is 11.4 Å². The molecule has 0 atom stereocenters. The second kappa shape index (κ2) is 4.12. The summed E-state index contributed by atoms with van der Waals surface area (Å²) >= 11 is 6.07. The molecule has 20 heavy (non-hydrogen) atoms. The Hall–Kier alpha value is -2.26. The van der Waals surface area contributed by atoms with Gasteiger partial charge in [0.25, 0.3) is 0 Å². The number of ether oxygens (including phenoxy) is 1. The maximum atomic E-state index is 8.22. The molecule has 1 aliphatic rings. The number of benzene rings is 2. The van der Waals surface area contributed by atoms with E-state index in [1.807, 2.05) is 24.3 Å². The number of anilines is 2. The van der Waals surface area contributed by atoms with E-state index in [0.29, 0.717) is 16.8 Å². The van der Waals surface area contributed by atoms with Gasteiger partial charge in [0, 0.05) is 38.9 Å². The lowest BCUT2D eigenvalue weighted by atomic mass is 9.97. The van der Waals surface area contributed by atoms with Gasteiger partial charge in [0.1, 0.15) is 5.75 Å². The lowest BCUT2D eigenvalue weighted by Gasteiger charge is -2.22. The number of hydrogen-bond donors (Lipinski definition) is 1. The largest absolute Gasteiger partial charge is 0.496 e. The van der Waals surface area contributed by atoms with Crippen LogP contribution < -0.4 is 10.1 Å². The zero-order chi connectivity index (χ0) is 14.6. The first-order valence-corrected chi connectivity index (χ1v) is 6.60. The third kappa shape index (κ3) is 1.50. The number of hydrogen-bond acceptors (Lipinski definition) is 3. The standard InChI is InChI=1S/C16H11ClN2O/c1-20-14-5-4-12-15-11(14)6-7-18-16(15)10-3-2-9(17)8-13(10)19-12/h2-8,19H,1H3/i4D. The zero-order valence-corrected chi connectivity index (χ0v) is 11.5. The van der Waals surface area contributed by atoms with Gasteiger partial charge in [0.05, 0.1) is 14.2 Å². The Bertz CT molecular complexity index is 895. The van der Waals surface area contributed by atoms with Gasteiger partial charge < -0.3 is 10.1 Å². The van der Waals surface area contributed by atoms with Crippen molar-refractivity contribution in [2.24, 2.45) is 0 Å². The van der Waals surface area contributed by atoms with Crippen molar-refractivity contribution in [2.75, 3.05) is 12.4 Å². The van der Waals surface area contributed by atoms with Crippen molar-refractivity contribution in [1.29, 1.82) is 0 Å². The molecule has 3 aromatic rings. The van der Waals surface area contributed by atoms with Crippen molar-refractivity contribution in [1.82, 2.24) is 4.98 Å². The zero-order valence-electron chi connectivity index (χ0n) is 11.7. The third-order valence-corrected chi connectivity index (χ3v) is 3.77. The SMILES string of the molecule is [2H]c1cc(OC)c2ccnc3c2c1Nc1cc(Cl)ccc1-3. The molecular formula is C16H11ClN2O. The molecule has 0 radical (unpaired) electrons. The monoisotopic (exact) mass is 283 g/mol. The van der Waals surface area contributed by atoms with Crippen LogP contribution in [-0.2, 0) is 0 Å². The number of nitrogens with zero attached hydrogens (tertiary/aromatic N) is 1. The van der Waals surface area contributed by atoms with E-state index in [2.05, 4.69) is 10.3 Å². The Morgan fingerprint density at radius 1 is 1.25 bits per heavy atom. The molecule has 98 valence electrons. The first-order chi connectivity index (χ1) is 10.2. The quantitative estimate of drug-likeness (QED) is 0.553. The van der Waals surface area contributed by atoms with Gasteiger partial charge in [0.15, 0.2) is 0 Å². The second-order valence-corrected chi connectivity index (χ2v) is 5.07. The minimum atomic E-state index is 0.374. The molecule has 2 heterocycles. The average molecular weight is 284 g/mol. The number of methoxy groups -OCH3 is 1. The van der Waals surface area contributed by atoms with Crippen LogP contribution in [0, 0.1) is 0 Å². The maximum Gasteiger partial charge on any atom is 0.126 e. The van der Waals surface area contributed by atoms with Crippen molar-refractivity contribution < 1.29 is 6.11 Å². The van der Waals surface area contributed by atoms with Crippen LogP contribution in [0.5, 0.6) is 5.75 Å². The lowest BCUT2D eigenvalue weighted by molar-refractivity contribution is 0.420. The van der Waals surface area contributed by atoms with E-state index in [1.54, 1.807) is 19.4 Å². The smallest absolute Gasteiger partial charge is 0.126 e. The summed E-state index contributed by atoms with van der Waals surface area (Å²) in [5, 5.41) is 5.81.